The molecule has 2 aromatic rings. The summed E-state index contributed by atoms with van der Waals surface area (Å²) in [7, 11) is -4.22. The number of halogens is 2. The van der Waals surface area contributed by atoms with Crippen LogP contribution in [0, 0.1) is 5.82 Å². The van der Waals surface area contributed by atoms with E-state index in [1.165, 1.54) is 25.1 Å². The number of rotatable bonds is 4. The number of hydrogen-bond acceptors (Lipinski definition) is 4. The van der Waals surface area contributed by atoms with Crippen LogP contribution < -0.4 is 15.4 Å². The summed E-state index contributed by atoms with van der Waals surface area (Å²) in [6.45, 7) is 1.27. The molecule has 136 valence electrons. The number of carbonyl (C=O) groups is 2. The lowest BCUT2D eigenvalue weighted by atomic mass is 10.2. The van der Waals surface area contributed by atoms with Gasteiger partial charge < -0.3 is 10.6 Å². The molecule has 0 saturated carbocycles. The van der Waals surface area contributed by atoms with Crippen LogP contribution in [0.15, 0.2) is 35.2 Å². The van der Waals surface area contributed by atoms with E-state index in [-0.39, 0.29) is 39.5 Å². The Balaban J connectivity index is 1.97. The van der Waals surface area contributed by atoms with Crippen LogP contribution in [-0.2, 0) is 26.0 Å². The van der Waals surface area contributed by atoms with Gasteiger partial charge in [-0.3, -0.25) is 14.3 Å². The molecule has 0 radical (unpaired) electrons. The van der Waals surface area contributed by atoms with Gasteiger partial charge in [0, 0.05) is 18.3 Å². The minimum absolute atomic E-state index is 0.0292. The minimum atomic E-state index is -4.22. The zero-order valence-electron chi connectivity index (χ0n) is 13.4. The van der Waals surface area contributed by atoms with E-state index in [1.54, 1.807) is 0 Å². The average Bonchev–Trinajstić information content (AvgIpc) is 2.88. The number of carbonyl (C=O) groups excluding carboxylic acids is 2. The van der Waals surface area contributed by atoms with Crippen LogP contribution >= 0.6 is 11.6 Å². The van der Waals surface area contributed by atoms with Gasteiger partial charge in [0.2, 0.25) is 11.8 Å². The van der Waals surface area contributed by atoms with Gasteiger partial charge >= 0.3 is 0 Å². The summed E-state index contributed by atoms with van der Waals surface area (Å²) in [6, 6.07) is 6.08. The summed E-state index contributed by atoms with van der Waals surface area (Å²) in [6.07, 6.45) is 0.0292. The van der Waals surface area contributed by atoms with Crippen molar-refractivity contribution in [3.63, 3.8) is 0 Å². The van der Waals surface area contributed by atoms with E-state index < -0.39 is 15.8 Å². The van der Waals surface area contributed by atoms with Gasteiger partial charge in [-0.2, -0.15) is 0 Å². The number of sulfonamides is 1. The maximum atomic E-state index is 14.0. The fourth-order valence-electron chi connectivity index (χ4n) is 2.52. The van der Waals surface area contributed by atoms with Crippen molar-refractivity contribution in [2.75, 3.05) is 15.4 Å². The molecular weight excluding hydrogens is 385 g/mol. The van der Waals surface area contributed by atoms with Crippen molar-refractivity contribution in [2.45, 2.75) is 18.2 Å². The summed E-state index contributed by atoms with van der Waals surface area (Å²) in [5.74, 6) is -1.48. The van der Waals surface area contributed by atoms with Gasteiger partial charge in [0.05, 0.1) is 17.1 Å². The van der Waals surface area contributed by atoms with Crippen LogP contribution in [0.5, 0.6) is 0 Å². The molecule has 0 aliphatic carbocycles. The van der Waals surface area contributed by atoms with Gasteiger partial charge in [0.1, 0.15) is 10.7 Å². The summed E-state index contributed by atoms with van der Waals surface area (Å²) in [5.41, 5.74) is 0.804. The Morgan fingerprint density at radius 2 is 2.00 bits per heavy atom. The number of nitrogens with one attached hydrogen (secondary N) is 3. The molecule has 3 N–H and O–H groups in total. The van der Waals surface area contributed by atoms with Crippen molar-refractivity contribution in [2.24, 2.45) is 0 Å². The molecule has 0 saturated heterocycles. The lowest BCUT2D eigenvalue weighted by molar-refractivity contribution is -0.115. The van der Waals surface area contributed by atoms with Crippen LogP contribution in [0.3, 0.4) is 0 Å². The Labute approximate surface area is 153 Å². The second kappa shape index (κ2) is 6.58. The van der Waals surface area contributed by atoms with Crippen molar-refractivity contribution in [1.82, 2.24) is 0 Å². The molecule has 0 spiro atoms. The molecule has 2 amide bonds. The topological polar surface area (TPSA) is 104 Å². The van der Waals surface area contributed by atoms with Crippen molar-refractivity contribution in [1.29, 1.82) is 0 Å². The van der Waals surface area contributed by atoms with E-state index in [0.29, 0.717) is 11.3 Å². The fraction of sp³-hybridized carbons (Fsp3) is 0.125. The van der Waals surface area contributed by atoms with Gasteiger partial charge in [-0.05, 0) is 35.9 Å². The van der Waals surface area contributed by atoms with Gasteiger partial charge in [0.15, 0.2) is 0 Å². The summed E-state index contributed by atoms with van der Waals surface area (Å²) in [4.78, 5) is 22.3. The average molecular weight is 398 g/mol. The highest BCUT2D eigenvalue weighted by molar-refractivity contribution is 7.92. The number of hydrogen-bond donors (Lipinski definition) is 3. The van der Waals surface area contributed by atoms with Crippen molar-refractivity contribution in [3.8, 4) is 0 Å². The van der Waals surface area contributed by atoms with Crippen LogP contribution in [0.2, 0.25) is 5.02 Å². The number of anilines is 3. The van der Waals surface area contributed by atoms with Crippen LogP contribution in [0.1, 0.15) is 12.5 Å². The SMILES string of the molecule is CC(=O)Nc1ccc(F)c(NS(=O)(=O)c2cc3c(cc2Cl)NC(=O)C3)c1. The third kappa shape index (κ3) is 3.63. The predicted octanol–water partition coefficient (Wildman–Crippen LogP) is 2.73. The molecule has 26 heavy (non-hydrogen) atoms. The molecule has 10 heteroatoms. The molecule has 0 bridgehead atoms. The van der Waals surface area contributed by atoms with Gasteiger partial charge in [0.25, 0.3) is 10.0 Å². The van der Waals surface area contributed by atoms with Crippen LogP contribution in [-0.4, -0.2) is 20.2 Å². The predicted molar refractivity (Wildman–Crippen MR) is 95.3 cm³/mol. The molecular formula is C16H13ClFN3O4S. The Kier molecular flexibility index (Phi) is 4.59. The van der Waals surface area contributed by atoms with Gasteiger partial charge in [-0.25, -0.2) is 12.8 Å². The Hall–Kier alpha value is -2.65. The molecule has 0 aromatic heterocycles. The minimum Gasteiger partial charge on any atom is -0.326 e. The second-order valence-electron chi connectivity index (χ2n) is 5.65. The number of benzene rings is 2. The monoisotopic (exact) mass is 397 g/mol. The van der Waals surface area contributed by atoms with Crippen molar-refractivity contribution < 1.29 is 22.4 Å². The number of fused-ring (bicyclic) bond motifs is 1. The first kappa shape index (κ1) is 18.2. The fourth-order valence-corrected chi connectivity index (χ4v) is 4.15. The van der Waals surface area contributed by atoms with E-state index in [0.717, 1.165) is 12.1 Å². The molecule has 1 aliphatic heterocycles. The molecule has 1 heterocycles. The highest BCUT2D eigenvalue weighted by Crippen LogP contribution is 2.33. The molecule has 1 aliphatic rings. The van der Waals surface area contributed by atoms with E-state index in [9.17, 15) is 22.4 Å². The quantitative estimate of drug-likeness (QED) is 0.737. The second-order valence-corrected chi connectivity index (χ2v) is 7.70. The molecule has 0 fully saturated rings. The summed E-state index contributed by atoms with van der Waals surface area (Å²) in [5, 5.41) is 4.88. The van der Waals surface area contributed by atoms with E-state index in [4.69, 9.17) is 11.6 Å². The maximum Gasteiger partial charge on any atom is 0.263 e. The Morgan fingerprint density at radius 1 is 1.27 bits per heavy atom. The maximum absolute atomic E-state index is 14.0. The third-order valence-corrected chi connectivity index (χ3v) is 5.43. The molecule has 2 aromatic carbocycles. The van der Waals surface area contributed by atoms with Crippen molar-refractivity contribution in [3.05, 3.63) is 46.7 Å². The smallest absolute Gasteiger partial charge is 0.263 e. The summed E-state index contributed by atoms with van der Waals surface area (Å²) >= 11 is 6.03. The lowest BCUT2D eigenvalue weighted by Crippen LogP contribution is -2.15. The summed E-state index contributed by atoms with van der Waals surface area (Å²) < 4.78 is 41.4. The van der Waals surface area contributed by atoms with E-state index in [1.807, 2.05) is 0 Å². The zero-order valence-corrected chi connectivity index (χ0v) is 15.0. The normalized spacial score (nSPS) is 13.1. The molecule has 3 rings (SSSR count). The first-order valence-electron chi connectivity index (χ1n) is 7.38. The van der Waals surface area contributed by atoms with Crippen LogP contribution in [0.4, 0.5) is 21.5 Å². The first-order valence-corrected chi connectivity index (χ1v) is 9.24. The third-order valence-electron chi connectivity index (χ3n) is 3.60. The molecule has 0 unspecified atom stereocenters. The Morgan fingerprint density at radius 3 is 2.69 bits per heavy atom. The zero-order chi connectivity index (χ0) is 19.1. The number of amides is 2. The van der Waals surface area contributed by atoms with Crippen LogP contribution in [0.25, 0.3) is 0 Å². The van der Waals surface area contributed by atoms with E-state index >= 15 is 0 Å². The highest BCUT2D eigenvalue weighted by atomic mass is 35.5. The lowest BCUT2D eigenvalue weighted by Gasteiger charge is -2.13. The first-order chi connectivity index (χ1) is 12.2. The molecule has 0 atom stereocenters. The molecule has 7 nitrogen and oxygen atoms in total. The van der Waals surface area contributed by atoms with Gasteiger partial charge in [-0.15, -0.1) is 0 Å². The standard InChI is InChI=1S/C16H13ClFN3O4S/c1-8(22)19-10-2-3-12(18)14(6-10)21-26(24,25)15-4-9-5-16(23)20-13(9)7-11(15)17/h2-4,6-7,21H,5H2,1H3,(H,19,22)(H,20,23). The van der Waals surface area contributed by atoms with E-state index in [2.05, 4.69) is 15.4 Å². The Bertz CT molecular complexity index is 1040. The largest absolute Gasteiger partial charge is 0.326 e. The van der Waals surface area contributed by atoms with Crippen molar-refractivity contribution >= 4 is 50.5 Å². The van der Waals surface area contributed by atoms with Gasteiger partial charge in [-0.1, -0.05) is 11.6 Å². The highest BCUT2D eigenvalue weighted by Gasteiger charge is 2.26.